The maximum Gasteiger partial charge on any atom is 0.191 e. The number of rotatable bonds is 8. The highest BCUT2D eigenvalue weighted by Gasteiger charge is 2.07. The number of hydrogen-bond acceptors (Lipinski definition) is 3. The van der Waals surface area contributed by atoms with Gasteiger partial charge in [-0.15, -0.1) is 24.0 Å². The summed E-state index contributed by atoms with van der Waals surface area (Å²) >= 11 is 1.75. The Bertz CT molecular complexity index is 656. The van der Waals surface area contributed by atoms with Gasteiger partial charge in [0.15, 0.2) is 5.96 Å². The van der Waals surface area contributed by atoms with Crippen LogP contribution in [0.25, 0.3) is 0 Å². The summed E-state index contributed by atoms with van der Waals surface area (Å²) in [5.74, 6) is 1.35. The summed E-state index contributed by atoms with van der Waals surface area (Å²) in [6.07, 6.45) is 0. The molecule has 6 heteroatoms. The summed E-state index contributed by atoms with van der Waals surface area (Å²) in [6.45, 7) is 7.71. The second kappa shape index (κ2) is 12.3. The van der Waals surface area contributed by atoms with Gasteiger partial charge in [-0.3, -0.25) is 0 Å². The Hall–Kier alpha value is -1.12. The van der Waals surface area contributed by atoms with Crippen molar-refractivity contribution < 1.29 is 0 Å². The van der Waals surface area contributed by atoms with Gasteiger partial charge in [-0.05, 0) is 60.5 Å². The quantitative estimate of drug-likeness (QED) is 0.332. The minimum absolute atomic E-state index is 0. The van der Waals surface area contributed by atoms with Crippen LogP contribution in [0.2, 0.25) is 0 Å². The first-order valence-electron chi connectivity index (χ1n) is 8.85. The molecule has 0 aliphatic rings. The Morgan fingerprint density at radius 1 is 1.19 bits per heavy atom. The van der Waals surface area contributed by atoms with Gasteiger partial charge in [0, 0.05) is 19.6 Å². The Balaban J connectivity index is 0.00000338. The maximum absolute atomic E-state index is 4.74. The second-order valence-corrected chi connectivity index (χ2v) is 7.37. The van der Waals surface area contributed by atoms with Crippen molar-refractivity contribution >= 4 is 41.3 Å². The van der Waals surface area contributed by atoms with Crippen molar-refractivity contribution in [2.24, 2.45) is 4.99 Å². The fraction of sp³-hybridized carbons (Fsp3) is 0.450. The van der Waals surface area contributed by atoms with Crippen molar-refractivity contribution in [3.63, 3.8) is 0 Å². The lowest BCUT2D eigenvalue weighted by molar-refractivity contribution is 0.402. The minimum Gasteiger partial charge on any atom is -0.357 e. The molecule has 2 rings (SSSR count). The van der Waals surface area contributed by atoms with Crippen molar-refractivity contribution in [3.8, 4) is 0 Å². The molecule has 0 bridgehead atoms. The smallest absolute Gasteiger partial charge is 0.191 e. The summed E-state index contributed by atoms with van der Waals surface area (Å²) in [4.78, 5) is 6.92. The minimum atomic E-state index is 0. The molecular weight excluding hydrogens is 455 g/mol. The van der Waals surface area contributed by atoms with Crippen LogP contribution in [0.15, 0.2) is 46.1 Å². The Labute approximate surface area is 179 Å². The molecule has 0 aliphatic carbocycles. The van der Waals surface area contributed by atoms with E-state index >= 15 is 0 Å². The molecule has 0 saturated heterocycles. The molecule has 0 amide bonds. The molecule has 1 aromatic heterocycles. The monoisotopic (exact) mass is 486 g/mol. The Morgan fingerprint density at radius 2 is 1.96 bits per heavy atom. The summed E-state index contributed by atoms with van der Waals surface area (Å²) in [6, 6.07) is 10.8. The fourth-order valence-corrected chi connectivity index (χ4v) is 3.41. The van der Waals surface area contributed by atoms with Gasteiger partial charge in [0.05, 0.1) is 6.54 Å². The number of aliphatic imine (C=N–C) groups is 1. The van der Waals surface area contributed by atoms with E-state index in [1.807, 2.05) is 0 Å². The summed E-state index contributed by atoms with van der Waals surface area (Å²) < 4.78 is 0. The number of guanidine groups is 1. The van der Waals surface area contributed by atoms with E-state index in [1.54, 1.807) is 11.3 Å². The van der Waals surface area contributed by atoms with Gasteiger partial charge in [-0.25, -0.2) is 4.99 Å². The van der Waals surface area contributed by atoms with Gasteiger partial charge >= 0.3 is 0 Å². The summed E-state index contributed by atoms with van der Waals surface area (Å²) in [5, 5.41) is 11.1. The molecule has 0 saturated carbocycles. The summed E-state index contributed by atoms with van der Waals surface area (Å²) in [7, 11) is 4.18. The van der Waals surface area contributed by atoms with E-state index in [9.17, 15) is 0 Å². The third-order valence-corrected chi connectivity index (χ3v) is 4.64. The van der Waals surface area contributed by atoms with E-state index in [4.69, 9.17) is 4.99 Å². The van der Waals surface area contributed by atoms with Gasteiger partial charge in [-0.2, -0.15) is 11.3 Å². The summed E-state index contributed by atoms with van der Waals surface area (Å²) in [5.41, 5.74) is 3.94. The third-order valence-electron chi connectivity index (χ3n) is 3.94. The van der Waals surface area contributed by atoms with Crippen LogP contribution in [0.4, 0.5) is 0 Å². The van der Waals surface area contributed by atoms with Crippen LogP contribution in [0.3, 0.4) is 0 Å². The average Bonchev–Trinajstić information content (AvgIpc) is 3.11. The zero-order chi connectivity index (χ0) is 18.1. The zero-order valence-corrected chi connectivity index (χ0v) is 19.3. The van der Waals surface area contributed by atoms with Gasteiger partial charge < -0.3 is 15.5 Å². The normalized spacial score (nSPS) is 12.6. The first-order valence-corrected chi connectivity index (χ1v) is 9.79. The van der Waals surface area contributed by atoms with Crippen LogP contribution in [0.5, 0.6) is 0 Å². The van der Waals surface area contributed by atoms with Crippen molar-refractivity contribution in [3.05, 3.63) is 57.8 Å². The molecule has 26 heavy (non-hydrogen) atoms. The standard InChI is InChI=1S/C20H30N4S.HI/c1-5-21-20(22-12-16(2)19-9-10-25-15-19)23-13-17-7-6-8-18(11-17)14-24(3)4;/h6-11,15-16H,5,12-14H2,1-4H3,(H2,21,22,23);1H. The molecule has 1 heterocycles. The molecule has 2 aromatic rings. The second-order valence-electron chi connectivity index (χ2n) is 6.59. The first-order chi connectivity index (χ1) is 12.1. The molecule has 0 spiro atoms. The number of nitrogens with zero attached hydrogens (tertiary/aromatic N) is 2. The van der Waals surface area contributed by atoms with Gasteiger partial charge in [-0.1, -0.05) is 31.2 Å². The van der Waals surface area contributed by atoms with E-state index in [0.717, 1.165) is 25.6 Å². The first kappa shape index (κ1) is 22.9. The molecule has 0 radical (unpaired) electrons. The lowest BCUT2D eigenvalue weighted by atomic mass is 10.1. The number of hydrogen-bond donors (Lipinski definition) is 2. The van der Waals surface area contributed by atoms with Crippen LogP contribution in [0.1, 0.15) is 36.5 Å². The molecular formula is C20H31IN4S. The highest BCUT2D eigenvalue weighted by molar-refractivity contribution is 14.0. The predicted molar refractivity (Wildman–Crippen MR) is 125 cm³/mol. The van der Waals surface area contributed by atoms with Crippen LogP contribution in [0, 0.1) is 0 Å². The van der Waals surface area contributed by atoms with Gasteiger partial charge in [0.2, 0.25) is 0 Å². The van der Waals surface area contributed by atoms with Crippen molar-refractivity contribution in [1.29, 1.82) is 0 Å². The molecule has 1 atom stereocenters. The molecule has 2 N–H and O–H groups in total. The maximum atomic E-state index is 4.74. The topological polar surface area (TPSA) is 39.7 Å². The Morgan fingerprint density at radius 3 is 2.62 bits per heavy atom. The number of thiophene rings is 1. The van der Waals surface area contributed by atoms with Gasteiger partial charge in [0.25, 0.3) is 0 Å². The molecule has 144 valence electrons. The molecule has 1 aromatic carbocycles. The third kappa shape index (κ3) is 8.05. The van der Waals surface area contributed by atoms with E-state index in [-0.39, 0.29) is 24.0 Å². The number of benzene rings is 1. The Kier molecular flexibility index (Phi) is 10.8. The van der Waals surface area contributed by atoms with Crippen molar-refractivity contribution in [1.82, 2.24) is 15.5 Å². The highest BCUT2D eigenvalue weighted by Crippen LogP contribution is 2.17. The average molecular weight is 486 g/mol. The van der Waals surface area contributed by atoms with E-state index in [1.165, 1.54) is 16.7 Å². The van der Waals surface area contributed by atoms with Crippen LogP contribution >= 0.6 is 35.3 Å². The van der Waals surface area contributed by atoms with E-state index < -0.39 is 0 Å². The van der Waals surface area contributed by atoms with Gasteiger partial charge in [0.1, 0.15) is 0 Å². The lowest BCUT2D eigenvalue weighted by Crippen LogP contribution is -2.39. The largest absolute Gasteiger partial charge is 0.357 e. The van der Waals surface area contributed by atoms with Crippen molar-refractivity contribution in [2.75, 3.05) is 27.2 Å². The molecule has 0 fully saturated rings. The predicted octanol–water partition coefficient (Wildman–Crippen LogP) is 4.29. The lowest BCUT2D eigenvalue weighted by Gasteiger charge is -2.15. The van der Waals surface area contributed by atoms with E-state index in [2.05, 4.69) is 84.6 Å². The SMILES string of the molecule is CCNC(=NCc1cccc(CN(C)C)c1)NCC(C)c1ccsc1.I. The molecule has 1 unspecified atom stereocenters. The van der Waals surface area contributed by atoms with Crippen molar-refractivity contribution in [2.45, 2.75) is 32.9 Å². The molecule has 4 nitrogen and oxygen atoms in total. The molecule has 0 aliphatic heterocycles. The van der Waals surface area contributed by atoms with Crippen LogP contribution in [-0.2, 0) is 13.1 Å². The van der Waals surface area contributed by atoms with Crippen LogP contribution in [-0.4, -0.2) is 38.0 Å². The number of halogens is 1. The highest BCUT2D eigenvalue weighted by atomic mass is 127. The zero-order valence-electron chi connectivity index (χ0n) is 16.2. The van der Waals surface area contributed by atoms with E-state index in [0.29, 0.717) is 12.5 Å². The fourth-order valence-electron chi connectivity index (χ4n) is 2.63. The van der Waals surface area contributed by atoms with Crippen LogP contribution < -0.4 is 10.6 Å². The number of nitrogens with one attached hydrogen (secondary N) is 2.